The number of aliphatic hydroxyl groups excluding tert-OH is 1. The minimum atomic E-state index is -0.981. The van der Waals surface area contributed by atoms with E-state index in [1.165, 1.54) is 6.42 Å². The van der Waals surface area contributed by atoms with E-state index < -0.39 is 18.3 Å². The first-order valence-electron chi connectivity index (χ1n) is 13.6. The Labute approximate surface area is 226 Å². The molecule has 2 aliphatic heterocycles. The number of dihydropyridines is 1. The number of likely N-dealkylation sites (tertiary alicyclic amines) is 1. The SMILES string of the molecule is CC(C)(C)c1ccc(N(C(=O)[C@H]2CCCN2C#N)C(C2C=CC=NC2)C(O)NC2CCCCC2)c(Cl)c1. The molecule has 1 saturated carbocycles. The molecule has 0 spiro atoms. The average molecular weight is 526 g/mol. The number of allylic oxidation sites excluding steroid dienone is 1. The van der Waals surface area contributed by atoms with Crippen molar-refractivity contribution in [2.75, 3.05) is 18.0 Å². The van der Waals surface area contributed by atoms with Gasteiger partial charge in [-0.3, -0.25) is 20.0 Å². The van der Waals surface area contributed by atoms with E-state index >= 15 is 0 Å². The molecule has 4 atom stereocenters. The Kier molecular flexibility index (Phi) is 8.94. The Hall–Kier alpha value is -2.40. The van der Waals surface area contributed by atoms with Gasteiger partial charge < -0.3 is 10.0 Å². The molecule has 2 fully saturated rings. The van der Waals surface area contributed by atoms with Gasteiger partial charge in [-0.25, -0.2) is 0 Å². The molecule has 0 bridgehead atoms. The Morgan fingerprint density at radius 2 is 2.00 bits per heavy atom. The Balaban J connectivity index is 1.78. The van der Waals surface area contributed by atoms with Gasteiger partial charge in [-0.2, -0.15) is 5.26 Å². The van der Waals surface area contributed by atoms with Crippen molar-refractivity contribution in [2.24, 2.45) is 10.9 Å². The number of rotatable bonds is 7. The van der Waals surface area contributed by atoms with E-state index in [1.807, 2.05) is 30.4 Å². The smallest absolute Gasteiger partial charge is 0.250 e. The van der Waals surface area contributed by atoms with E-state index in [0.717, 1.165) is 37.7 Å². The van der Waals surface area contributed by atoms with Gasteiger partial charge in [0.2, 0.25) is 0 Å². The summed E-state index contributed by atoms with van der Waals surface area (Å²) in [7, 11) is 0. The van der Waals surface area contributed by atoms with E-state index in [-0.39, 0.29) is 23.3 Å². The van der Waals surface area contributed by atoms with E-state index in [9.17, 15) is 15.2 Å². The lowest BCUT2D eigenvalue weighted by atomic mass is 9.86. The molecule has 0 radical (unpaired) electrons. The van der Waals surface area contributed by atoms with Crippen molar-refractivity contribution in [1.82, 2.24) is 10.2 Å². The van der Waals surface area contributed by atoms with E-state index in [0.29, 0.717) is 30.2 Å². The number of aliphatic imine (C=N–C) groups is 1. The fourth-order valence-electron chi connectivity index (χ4n) is 5.79. The van der Waals surface area contributed by atoms with Gasteiger partial charge in [-0.05, 0) is 54.9 Å². The van der Waals surface area contributed by atoms with Gasteiger partial charge in [-0.1, -0.05) is 63.8 Å². The van der Waals surface area contributed by atoms with Crippen molar-refractivity contribution in [3.05, 3.63) is 40.9 Å². The van der Waals surface area contributed by atoms with E-state index in [4.69, 9.17) is 11.6 Å². The summed E-state index contributed by atoms with van der Waals surface area (Å²) in [4.78, 5) is 22.0. The second-order valence-corrected chi connectivity index (χ2v) is 12.0. The van der Waals surface area contributed by atoms with Gasteiger partial charge in [0.05, 0.1) is 16.8 Å². The number of nitrogens with zero attached hydrogens (tertiary/aromatic N) is 4. The first kappa shape index (κ1) is 27.6. The molecular formula is C29H40ClN5O2. The van der Waals surface area contributed by atoms with Gasteiger partial charge in [0, 0.05) is 31.3 Å². The average Bonchev–Trinajstić information content (AvgIpc) is 3.37. The Morgan fingerprint density at radius 3 is 2.62 bits per heavy atom. The van der Waals surface area contributed by atoms with Crippen molar-refractivity contribution in [3.63, 3.8) is 0 Å². The summed E-state index contributed by atoms with van der Waals surface area (Å²) in [5.41, 5.74) is 1.51. The standard InChI is InChI=1S/C29H40ClN5O2/c1-29(2,3)21-13-14-24(23(30)17-21)35(28(37)25-12-8-16-34(25)19-31)26(20-9-7-15-32-18-20)27(36)33-22-10-5-4-6-11-22/h7,9,13-15,17,20,22,25-27,33,36H,4-6,8,10-12,16,18H2,1-3H3/t20?,25-,26?,27?/m1/s1. The molecule has 8 heteroatoms. The first-order chi connectivity index (χ1) is 17.7. The maximum atomic E-state index is 14.3. The molecule has 3 unspecified atom stereocenters. The zero-order valence-corrected chi connectivity index (χ0v) is 23.0. The van der Waals surface area contributed by atoms with Gasteiger partial charge in [0.25, 0.3) is 5.91 Å². The van der Waals surface area contributed by atoms with Crippen molar-refractivity contribution in [3.8, 4) is 6.19 Å². The Bertz CT molecular complexity index is 1050. The highest BCUT2D eigenvalue weighted by Gasteiger charge is 2.43. The largest absolute Gasteiger partial charge is 0.376 e. The van der Waals surface area contributed by atoms with Gasteiger partial charge in [-0.15, -0.1) is 0 Å². The third kappa shape index (κ3) is 6.37. The predicted octanol–water partition coefficient (Wildman–Crippen LogP) is 4.78. The van der Waals surface area contributed by atoms with Crippen LogP contribution in [0.15, 0.2) is 35.3 Å². The molecule has 2 heterocycles. The monoisotopic (exact) mass is 525 g/mol. The summed E-state index contributed by atoms with van der Waals surface area (Å²) in [5.74, 6) is -0.419. The molecule has 1 saturated heterocycles. The highest BCUT2D eigenvalue weighted by molar-refractivity contribution is 6.34. The molecule has 4 rings (SSSR count). The quantitative estimate of drug-likeness (QED) is 0.395. The molecule has 3 aliphatic rings. The molecule has 200 valence electrons. The van der Waals surface area contributed by atoms with Crippen LogP contribution in [-0.4, -0.2) is 59.6 Å². The van der Waals surface area contributed by atoms with Crippen LogP contribution in [0.1, 0.15) is 71.3 Å². The van der Waals surface area contributed by atoms with Crippen molar-refractivity contribution < 1.29 is 9.90 Å². The van der Waals surface area contributed by atoms with Crippen LogP contribution in [-0.2, 0) is 10.2 Å². The van der Waals surface area contributed by atoms with E-state index in [1.54, 1.807) is 16.0 Å². The zero-order chi connectivity index (χ0) is 26.6. The maximum Gasteiger partial charge on any atom is 0.250 e. The van der Waals surface area contributed by atoms with Crippen LogP contribution in [0.2, 0.25) is 5.02 Å². The number of benzene rings is 1. The lowest BCUT2D eigenvalue weighted by Gasteiger charge is -2.42. The number of carbonyl (C=O) groups excluding carboxylic acids is 1. The molecule has 2 N–H and O–H groups in total. The molecule has 0 aromatic heterocycles. The highest BCUT2D eigenvalue weighted by Crippen LogP contribution is 2.37. The molecule has 1 amide bonds. The second kappa shape index (κ2) is 12.0. The summed E-state index contributed by atoms with van der Waals surface area (Å²) in [6, 6.07) is 4.79. The van der Waals surface area contributed by atoms with Crippen molar-refractivity contribution >= 4 is 29.4 Å². The summed E-state index contributed by atoms with van der Waals surface area (Å²) in [5, 5.41) is 25.3. The third-order valence-electron chi connectivity index (χ3n) is 7.91. The lowest BCUT2D eigenvalue weighted by Crippen LogP contribution is -2.61. The zero-order valence-electron chi connectivity index (χ0n) is 22.2. The summed E-state index contributed by atoms with van der Waals surface area (Å²) < 4.78 is 0. The first-order valence-corrected chi connectivity index (χ1v) is 14.0. The number of hydrogen-bond acceptors (Lipinski definition) is 6. The fourth-order valence-corrected chi connectivity index (χ4v) is 6.06. The number of nitriles is 1. The van der Waals surface area contributed by atoms with Crippen LogP contribution >= 0.6 is 11.6 Å². The summed E-state index contributed by atoms with van der Waals surface area (Å²) in [6.07, 6.45) is 13.7. The topological polar surface area (TPSA) is 92.0 Å². The van der Waals surface area contributed by atoms with Crippen LogP contribution in [0.25, 0.3) is 0 Å². The number of halogens is 1. The molecule has 1 aromatic carbocycles. The predicted molar refractivity (Wildman–Crippen MR) is 149 cm³/mol. The molecule has 1 aromatic rings. The molecule has 37 heavy (non-hydrogen) atoms. The van der Waals surface area contributed by atoms with Crippen LogP contribution in [0.4, 0.5) is 5.69 Å². The van der Waals surface area contributed by atoms with Crippen LogP contribution in [0.5, 0.6) is 0 Å². The Morgan fingerprint density at radius 1 is 1.24 bits per heavy atom. The summed E-state index contributed by atoms with van der Waals surface area (Å²) in [6.45, 7) is 7.37. The highest BCUT2D eigenvalue weighted by atomic mass is 35.5. The summed E-state index contributed by atoms with van der Waals surface area (Å²) >= 11 is 6.91. The van der Waals surface area contributed by atoms with Crippen LogP contribution in [0, 0.1) is 17.4 Å². The minimum Gasteiger partial charge on any atom is -0.376 e. The minimum absolute atomic E-state index is 0.109. The van der Waals surface area contributed by atoms with Crippen LogP contribution < -0.4 is 10.2 Å². The van der Waals surface area contributed by atoms with Crippen molar-refractivity contribution in [2.45, 2.75) is 95.5 Å². The second-order valence-electron chi connectivity index (χ2n) is 11.6. The van der Waals surface area contributed by atoms with Crippen molar-refractivity contribution in [1.29, 1.82) is 5.26 Å². The van der Waals surface area contributed by atoms with Crippen LogP contribution in [0.3, 0.4) is 0 Å². The van der Waals surface area contributed by atoms with Gasteiger partial charge >= 0.3 is 0 Å². The normalized spacial score (nSPS) is 24.1. The number of nitrogens with one attached hydrogen (secondary N) is 1. The molecule has 1 aliphatic carbocycles. The lowest BCUT2D eigenvalue weighted by molar-refractivity contribution is -0.123. The third-order valence-corrected chi connectivity index (χ3v) is 8.22. The number of aliphatic hydroxyl groups is 1. The number of amides is 1. The fraction of sp³-hybridized carbons (Fsp3) is 0.621. The van der Waals surface area contributed by atoms with Gasteiger partial charge in [0.15, 0.2) is 6.19 Å². The maximum absolute atomic E-state index is 14.3. The van der Waals surface area contributed by atoms with E-state index in [2.05, 4.69) is 37.3 Å². The molecule has 7 nitrogen and oxygen atoms in total. The number of anilines is 1. The number of carbonyl (C=O) groups is 1. The molecular weight excluding hydrogens is 486 g/mol. The number of hydrogen-bond donors (Lipinski definition) is 2. The van der Waals surface area contributed by atoms with Gasteiger partial charge in [0.1, 0.15) is 12.3 Å².